The molecule has 1 fully saturated rings. The number of nitrogens with zero attached hydrogens (tertiary/aromatic N) is 3. The van der Waals surface area contributed by atoms with Crippen molar-refractivity contribution in [2.45, 2.75) is 38.9 Å². The first-order valence-electron chi connectivity index (χ1n) is 8.77. The Morgan fingerprint density at radius 1 is 1.24 bits per heavy atom. The van der Waals surface area contributed by atoms with E-state index < -0.39 is 0 Å². The number of urea groups is 1. The van der Waals surface area contributed by atoms with Crippen molar-refractivity contribution >= 4 is 6.03 Å². The van der Waals surface area contributed by atoms with E-state index in [0.717, 1.165) is 38.2 Å². The number of nitrogens with one attached hydrogen (secondary N) is 2. The van der Waals surface area contributed by atoms with E-state index in [4.69, 9.17) is 0 Å². The lowest BCUT2D eigenvalue weighted by Gasteiger charge is -2.32. The van der Waals surface area contributed by atoms with Gasteiger partial charge in [0.15, 0.2) is 0 Å². The van der Waals surface area contributed by atoms with Gasteiger partial charge < -0.3 is 10.6 Å². The number of aryl methyl sites for hydroxylation is 1. The Morgan fingerprint density at radius 2 is 2.04 bits per heavy atom. The van der Waals surface area contributed by atoms with Crippen LogP contribution in [0.3, 0.4) is 0 Å². The molecule has 3 rings (SSSR count). The first-order valence-corrected chi connectivity index (χ1v) is 8.77. The predicted octanol–water partition coefficient (Wildman–Crippen LogP) is 2.25. The summed E-state index contributed by atoms with van der Waals surface area (Å²) >= 11 is 0. The molecule has 0 saturated carbocycles. The molecule has 0 aliphatic carbocycles. The molecule has 1 aromatic heterocycles. The van der Waals surface area contributed by atoms with Gasteiger partial charge in [-0.25, -0.2) is 4.79 Å². The fraction of sp³-hybridized carbons (Fsp3) is 0.421. The summed E-state index contributed by atoms with van der Waals surface area (Å²) in [5.74, 6) is 0. The van der Waals surface area contributed by atoms with Crippen molar-refractivity contribution in [1.82, 2.24) is 25.5 Å². The number of carbonyl (C=O) groups is 1. The van der Waals surface area contributed by atoms with Crippen LogP contribution in [0.25, 0.3) is 0 Å². The molecule has 6 heteroatoms. The van der Waals surface area contributed by atoms with E-state index in [-0.39, 0.29) is 12.1 Å². The third-order valence-corrected chi connectivity index (χ3v) is 4.62. The summed E-state index contributed by atoms with van der Waals surface area (Å²) in [4.78, 5) is 22.6. The van der Waals surface area contributed by atoms with E-state index in [1.165, 1.54) is 11.1 Å². The topological polar surface area (TPSA) is 70.2 Å². The summed E-state index contributed by atoms with van der Waals surface area (Å²) in [6.45, 7) is 5.54. The smallest absolute Gasteiger partial charge is 0.315 e. The molecule has 0 unspecified atom stereocenters. The highest BCUT2D eigenvalue weighted by Gasteiger charge is 2.20. The third kappa shape index (κ3) is 5.26. The maximum atomic E-state index is 12.0. The largest absolute Gasteiger partial charge is 0.335 e. The number of benzene rings is 1. The van der Waals surface area contributed by atoms with Crippen molar-refractivity contribution in [2.75, 3.05) is 13.1 Å². The summed E-state index contributed by atoms with van der Waals surface area (Å²) in [7, 11) is 0. The van der Waals surface area contributed by atoms with Crippen molar-refractivity contribution in [3.8, 4) is 0 Å². The van der Waals surface area contributed by atoms with E-state index in [2.05, 4.69) is 56.7 Å². The Kier molecular flexibility index (Phi) is 5.95. The van der Waals surface area contributed by atoms with Crippen molar-refractivity contribution in [1.29, 1.82) is 0 Å². The van der Waals surface area contributed by atoms with Crippen LogP contribution in [0, 0.1) is 6.92 Å². The molecule has 6 nitrogen and oxygen atoms in total. The number of piperidine rings is 1. The quantitative estimate of drug-likeness (QED) is 0.876. The molecule has 2 heterocycles. The van der Waals surface area contributed by atoms with E-state index in [0.29, 0.717) is 6.54 Å². The Morgan fingerprint density at radius 3 is 2.76 bits per heavy atom. The second-order valence-corrected chi connectivity index (χ2v) is 6.50. The normalized spacial score (nSPS) is 15.7. The first-order chi connectivity index (χ1) is 12.2. The fourth-order valence-corrected chi connectivity index (χ4v) is 3.09. The van der Waals surface area contributed by atoms with Crippen LogP contribution in [0.2, 0.25) is 0 Å². The van der Waals surface area contributed by atoms with Gasteiger partial charge in [0.1, 0.15) is 0 Å². The minimum Gasteiger partial charge on any atom is -0.335 e. The Hall–Kier alpha value is -2.47. The number of aromatic nitrogens is 2. The molecule has 25 heavy (non-hydrogen) atoms. The van der Waals surface area contributed by atoms with E-state index >= 15 is 0 Å². The van der Waals surface area contributed by atoms with Gasteiger partial charge in [-0.3, -0.25) is 14.9 Å². The molecule has 1 aromatic carbocycles. The monoisotopic (exact) mass is 339 g/mol. The fourth-order valence-electron chi connectivity index (χ4n) is 3.09. The summed E-state index contributed by atoms with van der Waals surface area (Å²) in [5.41, 5.74) is 3.48. The molecule has 2 N–H and O–H groups in total. The lowest BCUT2D eigenvalue weighted by Crippen LogP contribution is -2.47. The first kappa shape index (κ1) is 17.4. The summed E-state index contributed by atoms with van der Waals surface area (Å²) in [5, 5.41) is 5.90. The number of amides is 2. The molecule has 0 radical (unpaired) electrons. The Labute approximate surface area is 148 Å². The standard InChI is InChI=1S/C19H25N5O/c1-15-4-2-3-5-16(15)14-24-10-6-17(7-11-24)23-19(25)22-13-18-12-20-8-9-21-18/h2-5,8-9,12,17H,6-7,10-11,13-14H2,1H3,(H2,22,23,25). The zero-order chi connectivity index (χ0) is 17.5. The van der Waals surface area contributed by atoms with Crippen LogP contribution in [0.4, 0.5) is 4.79 Å². The van der Waals surface area contributed by atoms with Gasteiger partial charge in [0, 0.05) is 38.1 Å². The Bertz CT molecular complexity index is 683. The SMILES string of the molecule is Cc1ccccc1CN1CCC(NC(=O)NCc2cnccn2)CC1. The van der Waals surface area contributed by atoms with E-state index in [1.807, 2.05) is 0 Å². The molecule has 1 aliphatic heterocycles. The maximum absolute atomic E-state index is 12.0. The van der Waals surface area contributed by atoms with Crippen molar-refractivity contribution in [3.05, 3.63) is 59.7 Å². The van der Waals surface area contributed by atoms with Crippen molar-refractivity contribution < 1.29 is 4.79 Å². The Balaban J connectivity index is 1.39. The number of rotatable bonds is 5. The van der Waals surface area contributed by atoms with Crippen LogP contribution < -0.4 is 10.6 Å². The summed E-state index contributed by atoms with van der Waals surface area (Å²) in [6, 6.07) is 8.62. The van der Waals surface area contributed by atoms with Crippen LogP contribution >= 0.6 is 0 Å². The molecule has 0 bridgehead atoms. The third-order valence-electron chi connectivity index (χ3n) is 4.62. The average molecular weight is 339 g/mol. The lowest BCUT2D eigenvalue weighted by atomic mass is 10.0. The van der Waals surface area contributed by atoms with Gasteiger partial charge in [-0.2, -0.15) is 0 Å². The molecule has 0 spiro atoms. The van der Waals surface area contributed by atoms with Crippen LogP contribution in [0.1, 0.15) is 29.7 Å². The van der Waals surface area contributed by atoms with Gasteiger partial charge in [0.2, 0.25) is 0 Å². The van der Waals surface area contributed by atoms with Gasteiger partial charge in [0.05, 0.1) is 18.4 Å². The molecular weight excluding hydrogens is 314 g/mol. The van der Waals surface area contributed by atoms with Crippen LogP contribution in [0.15, 0.2) is 42.9 Å². The van der Waals surface area contributed by atoms with Gasteiger partial charge in [-0.1, -0.05) is 24.3 Å². The van der Waals surface area contributed by atoms with Gasteiger partial charge in [-0.15, -0.1) is 0 Å². The molecule has 1 aliphatic rings. The number of carbonyl (C=O) groups excluding carboxylic acids is 1. The summed E-state index contributed by atoms with van der Waals surface area (Å²) < 4.78 is 0. The number of hydrogen-bond acceptors (Lipinski definition) is 4. The molecule has 2 amide bonds. The number of hydrogen-bond donors (Lipinski definition) is 2. The predicted molar refractivity (Wildman–Crippen MR) is 96.9 cm³/mol. The van der Waals surface area contributed by atoms with Crippen LogP contribution in [0.5, 0.6) is 0 Å². The lowest BCUT2D eigenvalue weighted by molar-refractivity contribution is 0.186. The second kappa shape index (κ2) is 8.58. The maximum Gasteiger partial charge on any atom is 0.315 e. The van der Waals surface area contributed by atoms with E-state index in [1.54, 1.807) is 18.6 Å². The van der Waals surface area contributed by atoms with Crippen molar-refractivity contribution in [3.63, 3.8) is 0 Å². The average Bonchev–Trinajstić information content (AvgIpc) is 2.64. The number of likely N-dealkylation sites (tertiary alicyclic amines) is 1. The highest BCUT2D eigenvalue weighted by Crippen LogP contribution is 2.16. The molecule has 1 saturated heterocycles. The van der Waals surface area contributed by atoms with E-state index in [9.17, 15) is 4.79 Å². The summed E-state index contributed by atoms with van der Waals surface area (Å²) in [6.07, 6.45) is 6.85. The van der Waals surface area contributed by atoms with Gasteiger partial charge in [0.25, 0.3) is 0 Å². The molecule has 0 atom stereocenters. The second-order valence-electron chi connectivity index (χ2n) is 6.50. The molecule has 132 valence electrons. The zero-order valence-electron chi connectivity index (χ0n) is 14.6. The van der Waals surface area contributed by atoms with Crippen LogP contribution in [-0.4, -0.2) is 40.0 Å². The molecular formula is C19H25N5O. The molecule has 2 aromatic rings. The van der Waals surface area contributed by atoms with Crippen LogP contribution in [-0.2, 0) is 13.1 Å². The van der Waals surface area contributed by atoms with Crippen molar-refractivity contribution in [2.24, 2.45) is 0 Å². The zero-order valence-corrected chi connectivity index (χ0v) is 14.6. The highest BCUT2D eigenvalue weighted by molar-refractivity contribution is 5.74. The minimum absolute atomic E-state index is 0.136. The minimum atomic E-state index is -0.136. The van der Waals surface area contributed by atoms with Gasteiger partial charge in [-0.05, 0) is 30.9 Å². The highest BCUT2D eigenvalue weighted by atomic mass is 16.2. The van der Waals surface area contributed by atoms with Gasteiger partial charge >= 0.3 is 6.03 Å².